The molecule has 0 heterocycles. The number of nitriles is 1. The Morgan fingerprint density at radius 1 is 0.833 bits per heavy atom. The van der Waals surface area contributed by atoms with Gasteiger partial charge in [-0.2, -0.15) is 5.26 Å². The van der Waals surface area contributed by atoms with E-state index < -0.39 is 0 Å². The van der Waals surface area contributed by atoms with E-state index in [2.05, 4.69) is 19.9 Å². The predicted molar refractivity (Wildman–Crippen MR) is 102 cm³/mol. The lowest BCUT2D eigenvalue weighted by atomic mass is 9.47. The van der Waals surface area contributed by atoms with Crippen LogP contribution in [-0.4, -0.2) is 0 Å². The normalized spacial score (nSPS) is 42.0. The lowest BCUT2D eigenvalue weighted by Crippen LogP contribution is -2.46. The highest BCUT2D eigenvalue weighted by molar-refractivity contribution is 5.07. The van der Waals surface area contributed by atoms with Crippen LogP contribution in [0, 0.1) is 33.5 Å². The maximum Gasteiger partial charge on any atom is 0.0689 e. The van der Waals surface area contributed by atoms with Gasteiger partial charge in [0.15, 0.2) is 0 Å². The lowest BCUT2D eigenvalue weighted by molar-refractivity contribution is -0.0664. The highest BCUT2D eigenvalue weighted by Gasteiger charge is 2.52. The lowest BCUT2D eigenvalue weighted by Gasteiger charge is -2.58. The zero-order valence-electron chi connectivity index (χ0n) is 16.3. The van der Waals surface area contributed by atoms with Crippen molar-refractivity contribution in [2.75, 3.05) is 0 Å². The number of rotatable bonds is 7. The van der Waals surface area contributed by atoms with Gasteiger partial charge in [-0.05, 0) is 87.4 Å². The summed E-state index contributed by atoms with van der Waals surface area (Å²) in [4.78, 5) is 0. The van der Waals surface area contributed by atoms with Gasteiger partial charge in [-0.15, -0.1) is 0 Å². The first-order valence-electron chi connectivity index (χ1n) is 11.0. The number of nitrogens with zero attached hydrogens (tertiary/aromatic N) is 1. The monoisotopic (exact) mass is 329 g/mol. The van der Waals surface area contributed by atoms with Gasteiger partial charge in [0.05, 0.1) is 11.5 Å². The van der Waals surface area contributed by atoms with Crippen molar-refractivity contribution in [2.45, 2.75) is 117 Å². The van der Waals surface area contributed by atoms with Gasteiger partial charge in [-0.3, -0.25) is 0 Å². The minimum absolute atomic E-state index is 0.0391. The molecule has 4 fully saturated rings. The van der Waals surface area contributed by atoms with Crippen LogP contribution in [0.2, 0.25) is 0 Å². The quantitative estimate of drug-likeness (QED) is 0.446. The third-order valence-electron chi connectivity index (χ3n) is 8.76. The van der Waals surface area contributed by atoms with Gasteiger partial charge in [-0.25, -0.2) is 0 Å². The number of unbranched alkanes of at least 4 members (excludes halogenated alkanes) is 3. The van der Waals surface area contributed by atoms with Gasteiger partial charge in [0.1, 0.15) is 0 Å². The average molecular weight is 330 g/mol. The Bertz CT molecular complexity index is 425. The van der Waals surface area contributed by atoms with Crippen LogP contribution in [0.15, 0.2) is 0 Å². The largest absolute Gasteiger partial charge is 0.198 e. The summed E-state index contributed by atoms with van der Waals surface area (Å²) in [5.74, 6) is 0.935. The van der Waals surface area contributed by atoms with Gasteiger partial charge >= 0.3 is 0 Å². The standard InChI is InChI=1S/C23H39N/c1-3-5-6-7-10-22(19-24)11-8-20(9-12-22)23-16-13-21(4-2,14-17-23)15-18-23/h20H,3-18H2,1-2H3. The Morgan fingerprint density at radius 3 is 1.96 bits per heavy atom. The summed E-state index contributed by atoms with van der Waals surface area (Å²) < 4.78 is 0. The van der Waals surface area contributed by atoms with Gasteiger partial charge < -0.3 is 0 Å². The predicted octanol–water partition coefficient (Wildman–Crippen LogP) is 7.41. The molecule has 4 aliphatic rings. The van der Waals surface area contributed by atoms with Crippen LogP contribution in [0.5, 0.6) is 0 Å². The van der Waals surface area contributed by atoms with Crippen molar-refractivity contribution in [1.29, 1.82) is 5.26 Å². The Kier molecular flexibility index (Phi) is 5.63. The van der Waals surface area contributed by atoms with E-state index in [1.165, 1.54) is 103 Å². The van der Waals surface area contributed by atoms with Crippen molar-refractivity contribution in [3.8, 4) is 6.07 Å². The third-order valence-corrected chi connectivity index (χ3v) is 8.76. The molecule has 0 aliphatic heterocycles. The molecule has 24 heavy (non-hydrogen) atoms. The first kappa shape index (κ1) is 18.3. The summed E-state index contributed by atoms with van der Waals surface area (Å²) in [6.45, 7) is 4.69. The van der Waals surface area contributed by atoms with E-state index in [4.69, 9.17) is 0 Å². The number of fused-ring (bicyclic) bond motifs is 3. The highest BCUT2D eigenvalue weighted by Crippen LogP contribution is 2.63. The van der Waals surface area contributed by atoms with Gasteiger partial charge in [0.2, 0.25) is 0 Å². The van der Waals surface area contributed by atoms with E-state index in [0.29, 0.717) is 5.41 Å². The van der Waals surface area contributed by atoms with Gasteiger partial charge in [0, 0.05) is 0 Å². The molecule has 0 aromatic heterocycles. The van der Waals surface area contributed by atoms with E-state index in [9.17, 15) is 5.26 Å². The van der Waals surface area contributed by atoms with E-state index in [1.54, 1.807) is 0 Å². The fraction of sp³-hybridized carbons (Fsp3) is 0.957. The first-order chi connectivity index (χ1) is 11.6. The second-order valence-electron chi connectivity index (χ2n) is 9.69. The molecule has 0 saturated heterocycles. The minimum atomic E-state index is 0.0391. The highest BCUT2D eigenvalue weighted by atomic mass is 14.6. The van der Waals surface area contributed by atoms with Crippen LogP contribution in [0.3, 0.4) is 0 Å². The summed E-state index contributed by atoms with van der Waals surface area (Å²) in [6, 6.07) is 2.77. The van der Waals surface area contributed by atoms with E-state index in [1.807, 2.05) is 0 Å². The molecule has 4 aliphatic carbocycles. The molecule has 136 valence electrons. The molecule has 4 rings (SSSR count). The Labute approximate surface area is 150 Å². The summed E-state index contributed by atoms with van der Waals surface area (Å²) in [6.07, 6.45) is 21.9. The molecule has 0 spiro atoms. The maximum atomic E-state index is 9.84. The summed E-state index contributed by atoms with van der Waals surface area (Å²) in [7, 11) is 0. The molecule has 0 atom stereocenters. The Balaban J connectivity index is 1.54. The molecule has 1 heteroatoms. The van der Waals surface area contributed by atoms with Crippen LogP contribution in [0.25, 0.3) is 0 Å². The summed E-state index contributed by atoms with van der Waals surface area (Å²) >= 11 is 0. The number of hydrogen-bond acceptors (Lipinski definition) is 1. The average Bonchev–Trinajstić information content (AvgIpc) is 2.67. The van der Waals surface area contributed by atoms with Crippen molar-refractivity contribution < 1.29 is 0 Å². The van der Waals surface area contributed by atoms with Crippen LogP contribution in [0.4, 0.5) is 0 Å². The van der Waals surface area contributed by atoms with Crippen molar-refractivity contribution in [3.05, 3.63) is 0 Å². The Morgan fingerprint density at radius 2 is 1.46 bits per heavy atom. The Hall–Kier alpha value is -0.510. The van der Waals surface area contributed by atoms with Crippen LogP contribution < -0.4 is 0 Å². The zero-order valence-corrected chi connectivity index (χ0v) is 16.3. The molecule has 1 nitrogen and oxygen atoms in total. The van der Waals surface area contributed by atoms with Crippen molar-refractivity contribution >= 4 is 0 Å². The van der Waals surface area contributed by atoms with Crippen molar-refractivity contribution in [2.24, 2.45) is 22.2 Å². The van der Waals surface area contributed by atoms with Gasteiger partial charge in [0.25, 0.3) is 0 Å². The molecule has 0 N–H and O–H groups in total. The second-order valence-corrected chi connectivity index (χ2v) is 9.69. The SMILES string of the molecule is CCCCCCC1(C#N)CCC(C23CCC(CC)(CC2)CC3)CC1. The summed E-state index contributed by atoms with van der Waals surface area (Å²) in [5.41, 5.74) is 1.45. The molecule has 0 radical (unpaired) electrons. The molecule has 0 amide bonds. The molecule has 2 bridgehead atoms. The fourth-order valence-electron chi connectivity index (χ4n) is 6.53. The second kappa shape index (κ2) is 7.39. The van der Waals surface area contributed by atoms with Crippen molar-refractivity contribution in [3.63, 3.8) is 0 Å². The molecule has 0 unspecified atom stereocenters. The molecular formula is C23H39N. The first-order valence-corrected chi connectivity index (χ1v) is 11.0. The van der Waals surface area contributed by atoms with E-state index >= 15 is 0 Å². The summed E-state index contributed by atoms with van der Waals surface area (Å²) in [5, 5.41) is 9.84. The topological polar surface area (TPSA) is 23.8 Å². The minimum Gasteiger partial charge on any atom is -0.198 e. The third kappa shape index (κ3) is 3.40. The van der Waals surface area contributed by atoms with E-state index in [0.717, 1.165) is 11.3 Å². The maximum absolute atomic E-state index is 9.84. The zero-order chi connectivity index (χ0) is 17.1. The fourth-order valence-corrected chi connectivity index (χ4v) is 6.53. The molecule has 0 aromatic rings. The molecule has 0 aromatic carbocycles. The number of hydrogen-bond donors (Lipinski definition) is 0. The van der Waals surface area contributed by atoms with Crippen LogP contribution >= 0.6 is 0 Å². The van der Waals surface area contributed by atoms with E-state index in [-0.39, 0.29) is 5.41 Å². The molecule has 4 saturated carbocycles. The van der Waals surface area contributed by atoms with Crippen molar-refractivity contribution in [1.82, 2.24) is 0 Å². The van der Waals surface area contributed by atoms with Crippen LogP contribution in [-0.2, 0) is 0 Å². The van der Waals surface area contributed by atoms with Gasteiger partial charge in [-0.1, -0.05) is 46.0 Å². The molecular weight excluding hydrogens is 290 g/mol. The smallest absolute Gasteiger partial charge is 0.0689 e. The van der Waals surface area contributed by atoms with Crippen LogP contribution in [0.1, 0.15) is 117 Å².